The summed E-state index contributed by atoms with van der Waals surface area (Å²) in [6.07, 6.45) is 0. The number of anilines is 3. The largest absolute Gasteiger partial charge is 0.456 e. The Hall–Kier alpha value is -6.84. The zero-order valence-electron chi connectivity index (χ0n) is 27.7. The van der Waals surface area contributed by atoms with E-state index in [0.29, 0.717) is 0 Å². The second-order valence-electron chi connectivity index (χ2n) is 12.9. The van der Waals surface area contributed by atoms with Gasteiger partial charge in [-0.2, -0.15) is 0 Å². The first-order chi connectivity index (χ1) is 25.3. The highest BCUT2D eigenvalue weighted by Gasteiger charge is 2.23. The molecule has 0 unspecified atom stereocenters. The molecule has 2 heterocycles. The molecule has 3 nitrogen and oxygen atoms in total. The van der Waals surface area contributed by atoms with Gasteiger partial charge in [-0.3, -0.25) is 0 Å². The molecule has 10 rings (SSSR count). The fourth-order valence-electron chi connectivity index (χ4n) is 7.49. The van der Waals surface area contributed by atoms with Crippen molar-refractivity contribution in [1.29, 1.82) is 0 Å². The Balaban J connectivity index is 1.16. The molecule has 0 atom stereocenters. The first-order valence-corrected chi connectivity index (χ1v) is 17.3. The molecule has 51 heavy (non-hydrogen) atoms. The highest BCUT2D eigenvalue weighted by atomic mass is 16.3. The second kappa shape index (κ2) is 11.9. The van der Waals surface area contributed by atoms with Crippen LogP contribution >= 0.6 is 0 Å². The van der Waals surface area contributed by atoms with Gasteiger partial charge in [-0.25, -0.2) is 0 Å². The Morgan fingerprint density at radius 1 is 0.314 bits per heavy atom. The minimum absolute atomic E-state index is 0.852. The van der Waals surface area contributed by atoms with Crippen LogP contribution in [0.1, 0.15) is 0 Å². The molecule has 0 radical (unpaired) electrons. The summed E-state index contributed by atoms with van der Waals surface area (Å²) in [6.45, 7) is 0. The Morgan fingerprint density at radius 3 is 1.59 bits per heavy atom. The molecule has 0 saturated carbocycles. The van der Waals surface area contributed by atoms with Crippen molar-refractivity contribution >= 4 is 60.9 Å². The minimum Gasteiger partial charge on any atom is -0.456 e. The van der Waals surface area contributed by atoms with Crippen molar-refractivity contribution in [2.24, 2.45) is 0 Å². The summed E-state index contributed by atoms with van der Waals surface area (Å²) >= 11 is 0. The zero-order valence-corrected chi connectivity index (χ0v) is 27.7. The van der Waals surface area contributed by atoms with E-state index in [1.54, 1.807) is 0 Å². The first kappa shape index (κ1) is 29.1. The van der Waals surface area contributed by atoms with Crippen molar-refractivity contribution in [3.05, 3.63) is 188 Å². The van der Waals surface area contributed by atoms with E-state index in [1.165, 1.54) is 16.7 Å². The molecule has 0 N–H and O–H groups in total. The highest BCUT2D eigenvalue weighted by Crippen LogP contribution is 2.47. The van der Waals surface area contributed by atoms with Gasteiger partial charge in [-0.15, -0.1) is 0 Å². The van der Waals surface area contributed by atoms with E-state index in [2.05, 4.69) is 169 Å². The van der Waals surface area contributed by atoms with E-state index < -0.39 is 0 Å². The molecule has 240 valence electrons. The van der Waals surface area contributed by atoms with Gasteiger partial charge in [-0.1, -0.05) is 146 Å². The maximum Gasteiger partial charge on any atom is 0.143 e. The number of rotatable bonds is 6. The van der Waals surface area contributed by atoms with Crippen LogP contribution in [0.2, 0.25) is 0 Å². The third-order valence-corrected chi connectivity index (χ3v) is 9.91. The van der Waals surface area contributed by atoms with Crippen LogP contribution in [-0.4, -0.2) is 0 Å². The van der Waals surface area contributed by atoms with Crippen LogP contribution in [0.25, 0.3) is 77.3 Å². The van der Waals surface area contributed by atoms with E-state index in [-0.39, 0.29) is 0 Å². The lowest BCUT2D eigenvalue weighted by Gasteiger charge is -2.28. The van der Waals surface area contributed by atoms with Gasteiger partial charge in [-0.05, 0) is 64.7 Å². The molecular weight excluding hydrogens is 623 g/mol. The van der Waals surface area contributed by atoms with Crippen molar-refractivity contribution in [3.8, 4) is 33.4 Å². The van der Waals surface area contributed by atoms with Gasteiger partial charge in [0.2, 0.25) is 0 Å². The molecule has 3 heteroatoms. The smallest absolute Gasteiger partial charge is 0.143 e. The number of hydrogen-bond acceptors (Lipinski definition) is 3. The van der Waals surface area contributed by atoms with Gasteiger partial charge in [0.25, 0.3) is 0 Å². The molecule has 2 aromatic heterocycles. The Morgan fingerprint density at radius 2 is 0.824 bits per heavy atom. The molecule has 0 fully saturated rings. The topological polar surface area (TPSA) is 29.5 Å². The molecule has 0 bridgehead atoms. The van der Waals surface area contributed by atoms with Crippen LogP contribution in [0, 0.1) is 0 Å². The Bertz CT molecular complexity index is 2840. The lowest BCUT2D eigenvalue weighted by molar-refractivity contribution is 0.669. The van der Waals surface area contributed by atoms with Gasteiger partial charge in [0, 0.05) is 33.0 Å². The molecule has 10 aromatic rings. The number of benzene rings is 8. The zero-order chi connectivity index (χ0) is 33.7. The third kappa shape index (κ3) is 4.90. The summed E-state index contributed by atoms with van der Waals surface area (Å²) in [5.74, 6) is 0. The van der Waals surface area contributed by atoms with E-state index in [0.717, 1.165) is 77.6 Å². The van der Waals surface area contributed by atoms with Crippen molar-refractivity contribution in [1.82, 2.24) is 0 Å². The van der Waals surface area contributed by atoms with Crippen molar-refractivity contribution < 1.29 is 8.83 Å². The predicted octanol–water partition coefficient (Wildman–Crippen LogP) is 14.0. The fourth-order valence-corrected chi connectivity index (χ4v) is 7.49. The van der Waals surface area contributed by atoms with E-state index in [1.807, 2.05) is 24.3 Å². The first-order valence-electron chi connectivity index (χ1n) is 17.3. The van der Waals surface area contributed by atoms with Gasteiger partial charge >= 0.3 is 0 Å². The number of furan rings is 2. The fraction of sp³-hybridized carbons (Fsp3) is 0. The summed E-state index contributed by atoms with van der Waals surface area (Å²) in [5, 5.41) is 4.38. The summed E-state index contributed by atoms with van der Waals surface area (Å²) < 4.78 is 13.0. The number of para-hydroxylation sites is 4. The number of hydrogen-bond donors (Lipinski definition) is 0. The van der Waals surface area contributed by atoms with Crippen molar-refractivity contribution in [2.45, 2.75) is 0 Å². The Kier molecular flexibility index (Phi) is 6.81. The number of nitrogens with zero attached hydrogens (tertiary/aromatic N) is 1. The molecule has 0 amide bonds. The summed E-state index contributed by atoms with van der Waals surface area (Å²) in [5.41, 5.74) is 13.5. The van der Waals surface area contributed by atoms with Gasteiger partial charge in [0.15, 0.2) is 0 Å². The van der Waals surface area contributed by atoms with Crippen LogP contribution in [-0.2, 0) is 0 Å². The third-order valence-electron chi connectivity index (χ3n) is 9.91. The number of fused-ring (bicyclic) bond motifs is 6. The van der Waals surface area contributed by atoms with Crippen molar-refractivity contribution in [3.63, 3.8) is 0 Å². The second-order valence-corrected chi connectivity index (χ2v) is 12.9. The molecule has 0 spiro atoms. The molecule has 8 aromatic carbocycles. The van der Waals surface area contributed by atoms with Crippen LogP contribution in [0.3, 0.4) is 0 Å². The van der Waals surface area contributed by atoms with Crippen LogP contribution in [0.4, 0.5) is 17.1 Å². The van der Waals surface area contributed by atoms with Gasteiger partial charge in [0.05, 0.1) is 16.8 Å². The van der Waals surface area contributed by atoms with E-state index in [9.17, 15) is 0 Å². The van der Waals surface area contributed by atoms with Crippen molar-refractivity contribution in [2.75, 3.05) is 4.90 Å². The average molecular weight is 654 g/mol. The molecule has 0 aliphatic heterocycles. The molecule has 0 aliphatic carbocycles. The van der Waals surface area contributed by atoms with Gasteiger partial charge < -0.3 is 13.7 Å². The average Bonchev–Trinajstić information content (AvgIpc) is 3.78. The highest BCUT2D eigenvalue weighted by molar-refractivity contribution is 6.15. The monoisotopic (exact) mass is 653 g/mol. The molecule has 0 aliphatic rings. The SMILES string of the molecule is c1ccc(-c2ccc(-c3ccc(N(c4ccccc4-c4cccc5c4oc4ccccc45)c4cccc5oc6ccccc6c45)cc3)cc2)cc1. The van der Waals surface area contributed by atoms with Crippen LogP contribution in [0.5, 0.6) is 0 Å². The van der Waals surface area contributed by atoms with Gasteiger partial charge in [0.1, 0.15) is 22.3 Å². The Labute approximate surface area is 295 Å². The lowest BCUT2D eigenvalue weighted by atomic mass is 9.98. The summed E-state index contributed by atoms with van der Waals surface area (Å²) in [4.78, 5) is 2.36. The van der Waals surface area contributed by atoms with E-state index >= 15 is 0 Å². The normalized spacial score (nSPS) is 11.5. The predicted molar refractivity (Wildman–Crippen MR) is 212 cm³/mol. The lowest BCUT2D eigenvalue weighted by Crippen LogP contribution is -2.11. The summed E-state index contributed by atoms with van der Waals surface area (Å²) in [7, 11) is 0. The maximum absolute atomic E-state index is 6.57. The standard InChI is InChI=1S/C48H31NO2/c1-2-12-32(13-3-1)33-24-26-34(27-25-33)35-28-30-36(31-29-35)49(43-20-11-23-46-47(43)41-16-6-9-22-45(41)50-46)42-19-7-4-14-37(42)39-17-10-18-40-38-15-5-8-21-44(38)51-48(39)40/h1-31H. The quantitative estimate of drug-likeness (QED) is 0.179. The van der Waals surface area contributed by atoms with E-state index in [4.69, 9.17) is 8.83 Å². The maximum atomic E-state index is 6.57. The molecule has 0 saturated heterocycles. The van der Waals surface area contributed by atoms with Crippen LogP contribution < -0.4 is 4.90 Å². The molecular formula is C48H31NO2. The minimum atomic E-state index is 0.852. The van der Waals surface area contributed by atoms with Crippen LogP contribution in [0.15, 0.2) is 197 Å². The summed E-state index contributed by atoms with van der Waals surface area (Å²) in [6, 6.07) is 66.1.